The molecular weight excluding hydrogens is 334 g/mol. The summed E-state index contributed by atoms with van der Waals surface area (Å²) in [5.41, 5.74) is -0.482. The first-order valence-electron chi connectivity index (χ1n) is 9.85. The minimum Gasteiger partial charge on any atom is -0.459 e. The molecule has 0 aromatic carbocycles. The average molecular weight is 370 g/mol. The van der Waals surface area contributed by atoms with E-state index in [-0.39, 0.29) is 24.7 Å². The van der Waals surface area contributed by atoms with Crippen molar-refractivity contribution in [3.8, 4) is 0 Å². The molecule has 0 radical (unpaired) electrons. The summed E-state index contributed by atoms with van der Waals surface area (Å²) in [6, 6.07) is 0. The Labute approximate surface area is 157 Å². The van der Waals surface area contributed by atoms with Crippen molar-refractivity contribution >= 4 is 11.9 Å². The number of likely N-dealkylation sites (tertiary alicyclic amines) is 1. The molecular formula is C19H35N3O4. The van der Waals surface area contributed by atoms with Crippen molar-refractivity contribution in [1.82, 2.24) is 10.2 Å². The third kappa shape index (κ3) is 7.50. The van der Waals surface area contributed by atoms with Crippen molar-refractivity contribution in [1.29, 1.82) is 0 Å². The molecule has 7 nitrogen and oxygen atoms in total. The zero-order valence-electron chi connectivity index (χ0n) is 16.8. The van der Waals surface area contributed by atoms with Gasteiger partial charge in [0.1, 0.15) is 12.1 Å². The van der Waals surface area contributed by atoms with E-state index in [4.69, 9.17) is 14.2 Å². The van der Waals surface area contributed by atoms with Gasteiger partial charge in [0.25, 0.3) is 0 Å². The molecule has 7 heteroatoms. The zero-order chi connectivity index (χ0) is 19.0. The number of ether oxygens (including phenoxy) is 3. The van der Waals surface area contributed by atoms with E-state index in [1.54, 1.807) is 0 Å². The number of esters is 1. The van der Waals surface area contributed by atoms with Crippen molar-refractivity contribution in [3.05, 3.63) is 0 Å². The summed E-state index contributed by atoms with van der Waals surface area (Å²) in [6.07, 6.45) is 4.74. The molecule has 2 heterocycles. The van der Waals surface area contributed by atoms with Gasteiger partial charge < -0.3 is 24.4 Å². The Morgan fingerprint density at radius 3 is 2.58 bits per heavy atom. The van der Waals surface area contributed by atoms with Gasteiger partial charge in [0, 0.05) is 26.2 Å². The predicted octanol–water partition coefficient (Wildman–Crippen LogP) is 1.95. The first-order chi connectivity index (χ1) is 12.4. The molecule has 0 spiro atoms. The largest absolute Gasteiger partial charge is 0.459 e. The Morgan fingerprint density at radius 2 is 2.00 bits per heavy atom. The second-order valence-electron chi connectivity index (χ2n) is 7.91. The van der Waals surface area contributed by atoms with Crippen molar-refractivity contribution in [2.45, 2.75) is 71.2 Å². The molecule has 2 aliphatic heterocycles. The van der Waals surface area contributed by atoms with Gasteiger partial charge in [0.05, 0.1) is 18.8 Å². The number of hydrogen-bond donors (Lipinski definition) is 1. The molecule has 0 aromatic heterocycles. The van der Waals surface area contributed by atoms with E-state index in [0.29, 0.717) is 6.61 Å². The van der Waals surface area contributed by atoms with Gasteiger partial charge in [0.15, 0.2) is 5.96 Å². The van der Waals surface area contributed by atoms with Crippen LogP contribution in [0.5, 0.6) is 0 Å². The van der Waals surface area contributed by atoms with Crippen LogP contribution in [0.25, 0.3) is 0 Å². The monoisotopic (exact) mass is 369 g/mol. The molecule has 1 unspecified atom stereocenters. The van der Waals surface area contributed by atoms with Crippen LogP contribution in [0.3, 0.4) is 0 Å². The summed E-state index contributed by atoms with van der Waals surface area (Å²) in [4.78, 5) is 18.6. The lowest BCUT2D eigenvalue weighted by atomic mass is 10.1. The smallest absolute Gasteiger partial charge is 0.328 e. The molecule has 26 heavy (non-hydrogen) atoms. The van der Waals surface area contributed by atoms with Crippen LogP contribution < -0.4 is 5.32 Å². The summed E-state index contributed by atoms with van der Waals surface area (Å²) in [6.45, 7) is 11.7. The van der Waals surface area contributed by atoms with Crippen LogP contribution in [0, 0.1) is 0 Å². The van der Waals surface area contributed by atoms with Crippen LogP contribution in [0.15, 0.2) is 4.99 Å². The molecule has 0 amide bonds. The van der Waals surface area contributed by atoms with Gasteiger partial charge in [-0.25, -0.2) is 4.99 Å². The van der Waals surface area contributed by atoms with Crippen LogP contribution in [0.1, 0.15) is 53.4 Å². The molecule has 2 saturated heterocycles. The number of carbonyl (C=O) groups is 1. The van der Waals surface area contributed by atoms with E-state index < -0.39 is 5.60 Å². The molecule has 1 N–H and O–H groups in total. The zero-order valence-corrected chi connectivity index (χ0v) is 16.8. The Bertz CT molecular complexity index is 462. The van der Waals surface area contributed by atoms with E-state index in [1.807, 2.05) is 27.7 Å². The van der Waals surface area contributed by atoms with Crippen molar-refractivity contribution in [2.75, 3.05) is 39.4 Å². The number of aliphatic imine (C=N–C) groups is 1. The molecule has 0 bridgehead atoms. The molecule has 0 saturated carbocycles. The number of piperidine rings is 1. The fourth-order valence-electron chi connectivity index (χ4n) is 3.19. The van der Waals surface area contributed by atoms with E-state index in [1.165, 1.54) is 0 Å². The minimum absolute atomic E-state index is 0.0368. The lowest BCUT2D eigenvalue weighted by molar-refractivity contribution is -0.152. The SMILES string of the molecule is CCNC(=NCC(=O)OC(C)(C)C)N1CCC(OCC2CCCO2)CC1. The number of nitrogens with zero attached hydrogens (tertiary/aromatic N) is 2. The van der Waals surface area contributed by atoms with Crippen molar-refractivity contribution in [3.63, 3.8) is 0 Å². The van der Waals surface area contributed by atoms with Gasteiger partial charge in [-0.05, 0) is 53.4 Å². The van der Waals surface area contributed by atoms with Crippen LogP contribution in [-0.2, 0) is 19.0 Å². The van der Waals surface area contributed by atoms with Gasteiger partial charge in [-0.3, -0.25) is 4.79 Å². The summed E-state index contributed by atoms with van der Waals surface area (Å²) in [5.74, 6) is 0.471. The average Bonchev–Trinajstić information content (AvgIpc) is 3.09. The normalized spacial score (nSPS) is 22.5. The van der Waals surface area contributed by atoms with Crippen LogP contribution >= 0.6 is 0 Å². The van der Waals surface area contributed by atoms with Crippen molar-refractivity contribution in [2.24, 2.45) is 4.99 Å². The topological polar surface area (TPSA) is 72.4 Å². The molecule has 2 fully saturated rings. The Balaban J connectivity index is 1.77. The highest BCUT2D eigenvalue weighted by molar-refractivity contribution is 5.83. The molecule has 2 rings (SSSR count). The molecule has 0 aliphatic carbocycles. The lowest BCUT2D eigenvalue weighted by Crippen LogP contribution is -2.47. The predicted molar refractivity (Wildman–Crippen MR) is 101 cm³/mol. The van der Waals surface area contributed by atoms with Gasteiger partial charge in [-0.15, -0.1) is 0 Å². The van der Waals surface area contributed by atoms with Crippen molar-refractivity contribution < 1.29 is 19.0 Å². The van der Waals surface area contributed by atoms with Gasteiger partial charge in [0.2, 0.25) is 0 Å². The molecule has 1 atom stereocenters. The summed E-state index contributed by atoms with van der Waals surface area (Å²) in [5, 5.41) is 3.27. The molecule has 2 aliphatic rings. The van der Waals surface area contributed by atoms with Crippen LogP contribution in [-0.4, -0.2) is 74.0 Å². The minimum atomic E-state index is -0.482. The van der Waals surface area contributed by atoms with Crippen LogP contribution in [0.2, 0.25) is 0 Å². The Morgan fingerprint density at radius 1 is 1.27 bits per heavy atom. The fraction of sp³-hybridized carbons (Fsp3) is 0.895. The van der Waals surface area contributed by atoms with E-state index in [2.05, 4.69) is 15.2 Å². The second kappa shape index (κ2) is 10.1. The Hall–Kier alpha value is -1.34. The lowest BCUT2D eigenvalue weighted by Gasteiger charge is -2.34. The number of guanidine groups is 1. The number of hydrogen-bond acceptors (Lipinski definition) is 5. The Kier molecular flexibility index (Phi) is 8.15. The highest BCUT2D eigenvalue weighted by atomic mass is 16.6. The highest BCUT2D eigenvalue weighted by Crippen LogP contribution is 2.18. The number of rotatable bonds is 6. The maximum absolute atomic E-state index is 11.9. The highest BCUT2D eigenvalue weighted by Gasteiger charge is 2.24. The second-order valence-corrected chi connectivity index (χ2v) is 7.91. The standard InChI is InChI=1S/C19H35N3O4/c1-5-20-18(21-13-17(23)26-19(2,3)4)22-10-8-15(9-11-22)25-14-16-7-6-12-24-16/h15-16H,5-14H2,1-4H3,(H,20,21). The number of carbonyl (C=O) groups excluding carboxylic acids is 1. The first kappa shape index (κ1) is 21.0. The third-order valence-electron chi connectivity index (χ3n) is 4.40. The third-order valence-corrected chi connectivity index (χ3v) is 4.40. The summed E-state index contributed by atoms with van der Waals surface area (Å²) < 4.78 is 17.0. The maximum Gasteiger partial charge on any atom is 0.328 e. The maximum atomic E-state index is 11.9. The van der Waals surface area contributed by atoms with E-state index in [9.17, 15) is 4.79 Å². The molecule has 150 valence electrons. The quantitative estimate of drug-likeness (QED) is 0.438. The number of nitrogens with one attached hydrogen (secondary N) is 1. The van der Waals surface area contributed by atoms with E-state index in [0.717, 1.165) is 57.9 Å². The van der Waals surface area contributed by atoms with Gasteiger partial charge >= 0.3 is 5.97 Å². The fourth-order valence-corrected chi connectivity index (χ4v) is 3.19. The molecule has 0 aromatic rings. The van der Waals surface area contributed by atoms with Gasteiger partial charge in [-0.1, -0.05) is 0 Å². The van der Waals surface area contributed by atoms with E-state index >= 15 is 0 Å². The summed E-state index contributed by atoms with van der Waals surface area (Å²) >= 11 is 0. The van der Waals surface area contributed by atoms with Crippen LogP contribution in [0.4, 0.5) is 0 Å². The van der Waals surface area contributed by atoms with Gasteiger partial charge in [-0.2, -0.15) is 0 Å². The first-order valence-corrected chi connectivity index (χ1v) is 9.85. The summed E-state index contributed by atoms with van der Waals surface area (Å²) in [7, 11) is 0.